The van der Waals surface area contributed by atoms with Crippen molar-refractivity contribution in [3.05, 3.63) is 99.6 Å². The molecule has 0 radical (unpaired) electrons. The Labute approximate surface area is 213 Å². The predicted octanol–water partition coefficient (Wildman–Crippen LogP) is 5.25. The first kappa shape index (κ1) is 25.6. The highest BCUT2D eigenvalue weighted by Gasteiger charge is 2.35. The van der Waals surface area contributed by atoms with Gasteiger partial charge in [0.1, 0.15) is 29.5 Å². The highest BCUT2D eigenvalue weighted by Crippen LogP contribution is 2.38. The molecule has 1 amide bonds. The second kappa shape index (κ2) is 10.7. The van der Waals surface area contributed by atoms with Crippen molar-refractivity contribution >= 4 is 23.5 Å². The number of benzene rings is 3. The third-order valence-electron chi connectivity index (χ3n) is 6.25. The van der Waals surface area contributed by atoms with Crippen molar-refractivity contribution in [2.45, 2.75) is 38.2 Å². The molecule has 1 heterocycles. The van der Waals surface area contributed by atoms with Gasteiger partial charge in [-0.15, -0.1) is 0 Å². The maximum Gasteiger partial charge on any atom is 0.323 e. The summed E-state index contributed by atoms with van der Waals surface area (Å²) in [5, 5.41) is 9.34. The molecule has 1 unspecified atom stereocenters. The molecule has 3 aromatic rings. The van der Waals surface area contributed by atoms with Crippen LogP contribution in [-0.2, 0) is 35.3 Å². The normalized spacial score (nSPS) is 16.3. The van der Waals surface area contributed by atoms with Crippen LogP contribution in [0.2, 0.25) is 5.02 Å². The van der Waals surface area contributed by atoms with Crippen LogP contribution < -0.4 is 4.74 Å². The van der Waals surface area contributed by atoms with E-state index in [9.17, 15) is 23.5 Å². The third kappa shape index (κ3) is 6.21. The van der Waals surface area contributed by atoms with E-state index >= 15 is 0 Å². The Bertz CT molecular complexity index is 1300. The average molecular weight is 514 g/mol. The molecule has 0 saturated carbocycles. The fraction of sp³-hybridized carbons (Fsp3) is 0.286. The molecule has 0 aliphatic carbocycles. The van der Waals surface area contributed by atoms with Crippen LogP contribution in [0.4, 0.5) is 8.78 Å². The summed E-state index contributed by atoms with van der Waals surface area (Å²) in [7, 11) is 0. The van der Waals surface area contributed by atoms with Gasteiger partial charge in [-0.25, -0.2) is 8.78 Å². The van der Waals surface area contributed by atoms with Crippen molar-refractivity contribution in [1.82, 2.24) is 4.90 Å². The van der Waals surface area contributed by atoms with E-state index in [1.54, 1.807) is 36.4 Å². The zero-order valence-electron chi connectivity index (χ0n) is 19.8. The lowest BCUT2D eigenvalue weighted by Gasteiger charge is -2.24. The fourth-order valence-electron chi connectivity index (χ4n) is 4.56. The molecular weight excluding hydrogens is 488 g/mol. The zero-order chi connectivity index (χ0) is 25.9. The van der Waals surface area contributed by atoms with E-state index in [4.69, 9.17) is 16.3 Å². The van der Waals surface area contributed by atoms with E-state index in [-0.39, 0.29) is 36.1 Å². The molecule has 0 bridgehead atoms. The Morgan fingerprint density at radius 1 is 1.06 bits per heavy atom. The van der Waals surface area contributed by atoms with Gasteiger partial charge >= 0.3 is 5.97 Å². The van der Waals surface area contributed by atoms with E-state index < -0.39 is 23.9 Å². The molecule has 5 nitrogen and oxygen atoms in total. The van der Waals surface area contributed by atoms with Crippen LogP contribution in [0, 0.1) is 11.6 Å². The first-order chi connectivity index (χ1) is 17.1. The SMILES string of the molecule is CC1(Cc2ccc(Cl)c(F)c2)Cc2cc(CC(=O)N(CCc3ccccc3F)CC(=O)O)ccc2O1. The number of carboxylic acid groups (broad SMARTS) is 1. The van der Waals surface area contributed by atoms with Gasteiger partial charge in [0.05, 0.1) is 11.4 Å². The fourth-order valence-corrected chi connectivity index (χ4v) is 4.68. The summed E-state index contributed by atoms with van der Waals surface area (Å²) >= 11 is 5.79. The van der Waals surface area contributed by atoms with Crippen LogP contribution in [0.3, 0.4) is 0 Å². The minimum atomic E-state index is -1.13. The van der Waals surface area contributed by atoms with Crippen LogP contribution >= 0.6 is 11.6 Å². The van der Waals surface area contributed by atoms with Crippen LogP contribution in [0.1, 0.15) is 29.2 Å². The Kier molecular flexibility index (Phi) is 7.59. The largest absolute Gasteiger partial charge is 0.487 e. The van der Waals surface area contributed by atoms with Gasteiger partial charge in [-0.1, -0.05) is 48.0 Å². The zero-order valence-corrected chi connectivity index (χ0v) is 20.5. The second-order valence-corrected chi connectivity index (χ2v) is 9.73. The smallest absolute Gasteiger partial charge is 0.323 e. The lowest BCUT2D eigenvalue weighted by atomic mass is 9.91. The monoisotopic (exact) mass is 513 g/mol. The Hall–Kier alpha value is -3.45. The Morgan fingerprint density at radius 3 is 2.53 bits per heavy atom. The van der Waals surface area contributed by atoms with E-state index in [0.29, 0.717) is 24.2 Å². The number of rotatable bonds is 9. The number of amides is 1. The molecule has 0 spiro atoms. The summed E-state index contributed by atoms with van der Waals surface area (Å²) in [6, 6.07) is 16.4. The summed E-state index contributed by atoms with van der Waals surface area (Å²) in [6.07, 6.45) is 1.28. The molecule has 1 aliphatic rings. The van der Waals surface area contributed by atoms with Gasteiger partial charge in [-0.3, -0.25) is 9.59 Å². The number of halogens is 3. The second-order valence-electron chi connectivity index (χ2n) is 9.32. The highest BCUT2D eigenvalue weighted by molar-refractivity contribution is 6.30. The first-order valence-electron chi connectivity index (χ1n) is 11.6. The van der Waals surface area contributed by atoms with Gasteiger partial charge in [0, 0.05) is 19.4 Å². The van der Waals surface area contributed by atoms with Crippen molar-refractivity contribution < 1.29 is 28.2 Å². The number of carbonyl (C=O) groups is 2. The van der Waals surface area contributed by atoms with Gasteiger partial charge in [0.2, 0.25) is 5.91 Å². The van der Waals surface area contributed by atoms with Crippen LogP contribution in [0.15, 0.2) is 60.7 Å². The average Bonchev–Trinajstić information content (AvgIpc) is 3.14. The molecule has 0 fully saturated rings. The number of hydrogen-bond donors (Lipinski definition) is 1. The van der Waals surface area contributed by atoms with E-state index in [1.165, 1.54) is 23.1 Å². The minimum absolute atomic E-state index is 0.0109. The first-order valence-corrected chi connectivity index (χ1v) is 12.0. The lowest BCUT2D eigenvalue weighted by molar-refractivity contribution is -0.144. The molecule has 0 saturated heterocycles. The lowest BCUT2D eigenvalue weighted by Crippen LogP contribution is -2.38. The summed E-state index contributed by atoms with van der Waals surface area (Å²) in [6.45, 7) is 1.58. The number of nitrogens with zero attached hydrogens (tertiary/aromatic N) is 1. The quantitative estimate of drug-likeness (QED) is 0.424. The van der Waals surface area contributed by atoms with Crippen molar-refractivity contribution in [2.24, 2.45) is 0 Å². The van der Waals surface area contributed by atoms with Gasteiger partial charge in [0.25, 0.3) is 0 Å². The molecule has 1 atom stereocenters. The number of aliphatic carboxylic acids is 1. The molecule has 4 rings (SSSR count). The van der Waals surface area contributed by atoms with Gasteiger partial charge in [-0.05, 0) is 59.9 Å². The van der Waals surface area contributed by atoms with Crippen molar-refractivity contribution in [2.75, 3.05) is 13.1 Å². The van der Waals surface area contributed by atoms with Crippen molar-refractivity contribution in [3.63, 3.8) is 0 Å². The Balaban J connectivity index is 1.42. The van der Waals surface area contributed by atoms with E-state index in [2.05, 4.69) is 0 Å². The predicted molar refractivity (Wildman–Crippen MR) is 132 cm³/mol. The minimum Gasteiger partial charge on any atom is -0.487 e. The molecular formula is C28H26ClF2NO4. The van der Waals surface area contributed by atoms with Crippen molar-refractivity contribution in [3.8, 4) is 5.75 Å². The molecule has 0 aromatic heterocycles. The molecule has 36 heavy (non-hydrogen) atoms. The number of ether oxygens (including phenoxy) is 1. The number of carbonyl (C=O) groups excluding carboxylic acids is 1. The van der Waals surface area contributed by atoms with Crippen LogP contribution in [-0.4, -0.2) is 40.6 Å². The topological polar surface area (TPSA) is 66.8 Å². The van der Waals surface area contributed by atoms with Gasteiger partial charge < -0.3 is 14.7 Å². The number of fused-ring (bicyclic) bond motifs is 1. The molecule has 3 aromatic carbocycles. The van der Waals surface area contributed by atoms with Crippen molar-refractivity contribution in [1.29, 1.82) is 0 Å². The van der Waals surface area contributed by atoms with E-state index in [0.717, 1.165) is 16.7 Å². The molecule has 1 aliphatic heterocycles. The maximum absolute atomic E-state index is 14.0. The molecule has 188 valence electrons. The maximum atomic E-state index is 14.0. The molecule has 1 N–H and O–H groups in total. The summed E-state index contributed by atoms with van der Waals surface area (Å²) in [4.78, 5) is 25.6. The number of carboxylic acids is 1. The molecule has 8 heteroatoms. The summed E-state index contributed by atoms with van der Waals surface area (Å²) in [5.74, 6) is -1.65. The van der Waals surface area contributed by atoms with Gasteiger partial charge in [-0.2, -0.15) is 0 Å². The summed E-state index contributed by atoms with van der Waals surface area (Å²) < 4.78 is 34.0. The van der Waals surface area contributed by atoms with E-state index in [1.807, 2.05) is 13.0 Å². The summed E-state index contributed by atoms with van der Waals surface area (Å²) in [5.41, 5.74) is 2.26. The van der Waals surface area contributed by atoms with Crippen LogP contribution in [0.5, 0.6) is 5.75 Å². The highest BCUT2D eigenvalue weighted by atomic mass is 35.5. The van der Waals surface area contributed by atoms with Gasteiger partial charge in [0.15, 0.2) is 0 Å². The Morgan fingerprint density at radius 2 is 1.81 bits per heavy atom. The number of hydrogen-bond acceptors (Lipinski definition) is 3. The third-order valence-corrected chi connectivity index (χ3v) is 6.56. The standard InChI is InChI=1S/C28H26ClF2NO4/c1-28(15-19-6-8-22(29)24(31)13-19)16-21-12-18(7-9-25(21)36-28)14-26(33)32(17-27(34)35)11-10-20-4-2-3-5-23(20)30/h2-9,12-13H,10-11,14-17H2,1H3,(H,34,35). The van der Waals surface area contributed by atoms with Crippen LogP contribution in [0.25, 0.3) is 0 Å².